The van der Waals surface area contributed by atoms with Crippen LogP contribution in [0.3, 0.4) is 0 Å². The van der Waals surface area contributed by atoms with Gasteiger partial charge in [0.1, 0.15) is 12.6 Å². The highest BCUT2D eigenvalue weighted by atomic mass is 35.5. The number of benzene rings is 3. The summed E-state index contributed by atoms with van der Waals surface area (Å²) in [5, 5.41) is 3.01. The number of nitrogens with one attached hydrogen (secondary N) is 1. The fourth-order valence-corrected chi connectivity index (χ4v) is 5.71. The summed E-state index contributed by atoms with van der Waals surface area (Å²) in [7, 11) is -4.22. The van der Waals surface area contributed by atoms with Crippen LogP contribution in [0.15, 0.2) is 83.8 Å². The van der Waals surface area contributed by atoms with E-state index in [2.05, 4.69) is 5.32 Å². The molecule has 0 radical (unpaired) electrons. The van der Waals surface area contributed by atoms with Crippen molar-refractivity contribution < 1.29 is 18.0 Å². The van der Waals surface area contributed by atoms with Gasteiger partial charge < -0.3 is 10.2 Å². The number of amides is 2. The van der Waals surface area contributed by atoms with Crippen LogP contribution in [0, 0.1) is 0 Å². The normalized spacial score (nSPS) is 12.0. The third kappa shape index (κ3) is 7.28. The molecule has 0 unspecified atom stereocenters. The third-order valence-corrected chi connectivity index (χ3v) is 8.59. The van der Waals surface area contributed by atoms with Crippen LogP contribution in [0.1, 0.15) is 32.3 Å². The van der Waals surface area contributed by atoms with Gasteiger partial charge in [0.15, 0.2) is 0 Å². The highest BCUT2D eigenvalue weighted by molar-refractivity contribution is 7.92. The Morgan fingerprint density at radius 3 is 2.18 bits per heavy atom. The first-order valence-corrected chi connectivity index (χ1v) is 14.5. The molecule has 0 bridgehead atoms. The van der Waals surface area contributed by atoms with Crippen molar-refractivity contribution in [2.24, 2.45) is 0 Å². The number of anilines is 1. The van der Waals surface area contributed by atoms with Gasteiger partial charge in [0.25, 0.3) is 10.0 Å². The van der Waals surface area contributed by atoms with Crippen LogP contribution in [0.2, 0.25) is 10.0 Å². The number of carbonyl (C=O) groups is 2. The highest BCUT2D eigenvalue weighted by Crippen LogP contribution is 2.35. The van der Waals surface area contributed by atoms with E-state index in [0.29, 0.717) is 6.54 Å². The maximum absolute atomic E-state index is 13.8. The molecular weight excluding hydrogens is 545 g/mol. The van der Waals surface area contributed by atoms with Gasteiger partial charge in [-0.1, -0.05) is 91.1 Å². The molecule has 7 nitrogen and oxygen atoms in total. The van der Waals surface area contributed by atoms with Crippen molar-refractivity contribution in [2.45, 2.75) is 44.2 Å². The fraction of sp³-hybridized carbons (Fsp3) is 0.286. The number of nitrogens with zero attached hydrogens (tertiary/aromatic N) is 2. The van der Waals surface area contributed by atoms with Crippen LogP contribution >= 0.6 is 23.2 Å². The van der Waals surface area contributed by atoms with E-state index in [-0.39, 0.29) is 33.1 Å². The van der Waals surface area contributed by atoms with E-state index < -0.39 is 28.5 Å². The van der Waals surface area contributed by atoms with Crippen molar-refractivity contribution in [3.8, 4) is 0 Å². The van der Waals surface area contributed by atoms with E-state index in [1.54, 1.807) is 31.2 Å². The van der Waals surface area contributed by atoms with Crippen LogP contribution in [-0.4, -0.2) is 44.3 Å². The van der Waals surface area contributed by atoms with Crippen molar-refractivity contribution in [1.29, 1.82) is 0 Å². The summed E-state index contributed by atoms with van der Waals surface area (Å²) in [5.41, 5.74) is 0.864. The van der Waals surface area contributed by atoms with Crippen molar-refractivity contribution in [3.63, 3.8) is 0 Å². The summed E-state index contributed by atoms with van der Waals surface area (Å²) in [6.45, 7) is 3.66. The summed E-state index contributed by atoms with van der Waals surface area (Å²) in [5.74, 6) is -0.886. The molecule has 1 N–H and O–H groups in total. The Bertz CT molecular complexity index is 1340. The molecule has 0 heterocycles. The van der Waals surface area contributed by atoms with E-state index in [0.717, 1.165) is 22.7 Å². The second-order valence-electron chi connectivity index (χ2n) is 8.73. The van der Waals surface area contributed by atoms with Crippen LogP contribution in [0.4, 0.5) is 5.69 Å². The zero-order valence-corrected chi connectivity index (χ0v) is 23.6. The van der Waals surface area contributed by atoms with Gasteiger partial charge in [-0.15, -0.1) is 0 Å². The smallest absolute Gasteiger partial charge is 0.264 e. The van der Waals surface area contributed by atoms with E-state index in [9.17, 15) is 18.0 Å². The Balaban J connectivity index is 2.01. The van der Waals surface area contributed by atoms with Crippen LogP contribution in [0.25, 0.3) is 0 Å². The summed E-state index contributed by atoms with van der Waals surface area (Å²) < 4.78 is 28.5. The molecule has 0 aliphatic carbocycles. The zero-order chi connectivity index (χ0) is 27.7. The molecule has 0 saturated heterocycles. The van der Waals surface area contributed by atoms with Crippen LogP contribution < -0.4 is 9.62 Å². The molecule has 0 spiro atoms. The monoisotopic (exact) mass is 575 g/mol. The molecule has 2 amide bonds. The SMILES string of the molecule is CCCCNC(=O)[C@H](C)N(Cc1ccccc1)C(=O)CN(c1cccc(Cl)c1Cl)S(=O)(=O)c1ccccc1. The van der Waals surface area contributed by atoms with E-state index >= 15 is 0 Å². The molecule has 0 fully saturated rings. The molecule has 0 aromatic heterocycles. The lowest BCUT2D eigenvalue weighted by atomic mass is 10.1. The average Bonchev–Trinajstić information content (AvgIpc) is 2.92. The standard InChI is InChI=1S/C28H31Cl2N3O4S/c1-3-4-18-31-28(35)21(2)32(19-22-12-7-5-8-13-22)26(34)20-33(25-17-11-16-24(29)27(25)30)38(36,37)23-14-9-6-10-15-23/h5-17,21H,3-4,18-20H2,1-2H3,(H,31,35)/t21-/m0/s1. The maximum Gasteiger partial charge on any atom is 0.264 e. The lowest BCUT2D eigenvalue weighted by Gasteiger charge is -2.32. The molecule has 38 heavy (non-hydrogen) atoms. The minimum absolute atomic E-state index is 0.00133. The van der Waals surface area contributed by atoms with Gasteiger partial charge >= 0.3 is 0 Å². The van der Waals surface area contributed by atoms with E-state index in [1.165, 1.54) is 29.2 Å². The number of hydrogen-bond donors (Lipinski definition) is 1. The lowest BCUT2D eigenvalue weighted by molar-refractivity contribution is -0.139. The number of carbonyl (C=O) groups excluding carboxylic acids is 2. The third-order valence-electron chi connectivity index (χ3n) is 6.00. The first-order chi connectivity index (χ1) is 18.2. The van der Waals surface area contributed by atoms with Gasteiger partial charge in [-0.3, -0.25) is 13.9 Å². The molecule has 10 heteroatoms. The minimum atomic E-state index is -4.22. The van der Waals surface area contributed by atoms with Gasteiger partial charge in [0, 0.05) is 13.1 Å². The summed E-state index contributed by atoms with van der Waals surface area (Å²) in [6.07, 6.45) is 1.72. The van der Waals surface area contributed by atoms with Crippen molar-refractivity contribution in [3.05, 3.63) is 94.5 Å². The van der Waals surface area contributed by atoms with Crippen molar-refractivity contribution in [1.82, 2.24) is 10.2 Å². The Morgan fingerprint density at radius 1 is 0.921 bits per heavy atom. The second-order valence-corrected chi connectivity index (χ2v) is 11.4. The predicted molar refractivity (Wildman–Crippen MR) is 152 cm³/mol. The number of unbranched alkanes of at least 4 members (excludes halogenated alkanes) is 1. The molecule has 0 aliphatic heterocycles. The number of sulfonamides is 1. The van der Waals surface area contributed by atoms with Gasteiger partial charge in [-0.25, -0.2) is 8.42 Å². The molecule has 3 aromatic carbocycles. The minimum Gasteiger partial charge on any atom is -0.354 e. The first-order valence-electron chi connectivity index (χ1n) is 12.3. The molecule has 3 rings (SSSR count). The van der Waals surface area contributed by atoms with Crippen LogP contribution in [-0.2, 0) is 26.2 Å². The Labute approximate surface area is 234 Å². The van der Waals surface area contributed by atoms with Gasteiger partial charge in [-0.05, 0) is 43.2 Å². The van der Waals surface area contributed by atoms with Gasteiger partial charge in [0.05, 0.1) is 20.6 Å². The average molecular weight is 577 g/mol. The zero-order valence-electron chi connectivity index (χ0n) is 21.3. The number of rotatable bonds is 12. The molecule has 3 aromatic rings. The highest BCUT2D eigenvalue weighted by Gasteiger charge is 2.33. The summed E-state index contributed by atoms with van der Waals surface area (Å²) >= 11 is 12.6. The molecule has 1 atom stereocenters. The quantitative estimate of drug-likeness (QED) is 0.288. The Morgan fingerprint density at radius 2 is 1.55 bits per heavy atom. The molecular formula is C28H31Cl2N3O4S. The number of halogens is 2. The van der Waals surface area contributed by atoms with Gasteiger partial charge in [0.2, 0.25) is 11.8 Å². The first kappa shape index (κ1) is 29.5. The van der Waals surface area contributed by atoms with Crippen molar-refractivity contribution in [2.75, 3.05) is 17.4 Å². The van der Waals surface area contributed by atoms with E-state index in [1.807, 2.05) is 37.3 Å². The predicted octanol–water partition coefficient (Wildman–Crippen LogP) is 5.52. The Kier molecular flexibility index (Phi) is 10.6. The largest absolute Gasteiger partial charge is 0.354 e. The van der Waals surface area contributed by atoms with Gasteiger partial charge in [-0.2, -0.15) is 0 Å². The molecule has 0 saturated carbocycles. The fourth-order valence-electron chi connectivity index (χ4n) is 3.82. The Hall–Kier alpha value is -3.07. The van der Waals surface area contributed by atoms with Crippen molar-refractivity contribution >= 4 is 50.7 Å². The number of hydrogen-bond acceptors (Lipinski definition) is 4. The summed E-state index contributed by atoms with van der Waals surface area (Å²) in [6, 6.07) is 20.7. The van der Waals surface area contributed by atoms with E-state index in [4.69, 9.17) is 23.2 Å². The maximum atomic E-state index is 13.8. The second kappa shape index (κ2) is 13.6. The molecule has 202 valence electrons. The molecule has 0 aliphatic rings. The topological polar surface area (TPSA) is 86.8 Å². The lowest BCUT2D eigenvalue weighted by Crippen LogP contribution is -2.51. The summed E-state index contributed by atoms with van der Waals surface area (Å²) in [4.78, 5) is 28.2. The van der Waals surface area contributed by atoms with Crippen LogP contribution in [0.5, 0.6) is 0 Å².